The van der Waals surface area contributed by atoms with Crippen molar-refractivity contribution in [3.63, 3.8) is 0 Å². The third-order valence-electron chi connectivity index (χ3n) is 4.36. The van der Waals surface area contributed by atoms with Gasteiger partial charge in [-0.3, -0.25) is 9.69 Å². The van der Waals surface area contributed by atoms with Crippen molar-refractivity contribution in [3.8, 4) is 0 Å². The number of hydrogen-bond donors (Lipinski definition) is 1. The van der Waals surface area contributed by atoms with E-state index in [2.05, 4.69) is 5.32 Å². The minimum absolute atomic E-state index is 0.0597. The van der Waals surface area contributed by atoms with Gasteiger partial charge in [0.2, 0.25) is 0 Å². The standard InChI is InChI=1S/C20H19ClN2O2/c1-13-18(14(2)24)19(16-8-10-17(21)11-9-16)22-20(25)23(13)12-15-6-4-3-5-7-15/h3-11,19H,12H2,1-2H3,(H,22,25). The molecule has 1 N–H and O–H groups in total. The molecule has 1 atom stereocenters. The summed E-state index contributed by atoms with van der Waals surface area (Å²) in [6.45, 7) is 3.77. The van der Waals surface area contributed by atoms with Gasteiger partial charge in [-0.15, -0.1) is 0 Å². The number of carbonyl (C=O) groups excluding carboxylic acids is 2. The van der Waals surface area contributed by atoms with Crippen LogP contribution in [0, 0.1) is 0 Å². The number of hydrogen-bond acceptors (Lipinski definition) is 2. The molecule has 4 nitrogen and oxygen atoms in total. The quantitative estimate of drug-likeness (QED) is 0.880. The maximum atomic E-state index is 12.7. The van der Waals surface area contributed by atoms with Crippen molar-refractivity contribution in [2.45, 2.75) is 26.4 Å². The molecule has 25 heavy (non-hydrogen) atoms. The molecule has 1 aliphatic heterocycles. The predicted molar refractivity (Wildman–Crippen MR) is 98.1 cm³/mol. The highest BCUT2D eigenvalue weighted by Gasteiger charge is 2.33. The third kappa shape index (κ3) is 3.59. The van der Waals surface area contributed by atoms with Crippen molar-refractivity contribution in [3.05, 3.63) is 82.0 Å². The second-order valence-electron chi connectivity index (χ2n) is 6.06. The molecule has 5 heteroatoms. The number of allylic oxidation sites excluding steroid dienone is 1. The van der Waals surface area contributed by atoms with E-state index < -0.39 is 6.04 Å². The summed E-state index contributed by atoms with van der Waals surface area (Å²) in [5.41, 5.74) is 3.12. The lowest BCUT2D eigenvalue weighted by Crippen LogP contribution is -2.47. The largest absolute Gasteiger partial charge is 0.327 e. The van der Waals surface area contributed by atoms with Gasteiger partial charge in [0.25, 0.3) is 0 Å². The van der Waals surface area contributed by atoms with E-state index in [1.807, 2.05) is 49.4 Å². The molecule has 2 aromatic carbocycles. The van der Waals surface area contributed by atoms with Crippen LogP contribution in [0.1, 0.15) is 31.0 Å². The van der Waals surface area contributed by atoms with Gasteiger partial charge < -0.3 is 5.32 Å². The summed E-state index contributed by atoms with van der Waals surface area (Å²) in [5.74, 6) is -0.0597. The molecule has 128 valence electrons. The number of urea groups is 1. The molecule has 0 saturated heterocycles. The maximum Gasteiger partial charge on any atom is 0.322 e. The molecule has 2 amide bonds. The zero-order chi connectivity index (χ0) is 18.0. The average Bonchev–Trinajstić information content (AvgIpc) is 2.59. The van der Waals surface area contributed by atoms with Crippen LogP contribution < -0.4 is 5.32 Å². The molecule has 0 radical (unpaired) electrons. The topological polar surface area (TPSA) is 49.4 Å². The first-order valence-corrected chi connectivity index (χ1v) is 8.44. The number of benzene rings is 2. The molecule has 0 fully saturated rings. The highest BCUT2D eigenvalue weighted by Crippen LogP contribution is 2.32. The summed E-state index contributed by atoms with van der Waals surface area (Å²) in [4.78, 5) is 26.6. The number of ketones is 1. The summed E-state index contributed by atoms with van der Waals surface area (Å²) in [7, 11) is 0. The smallest absolute Gasteiger partial charge is 0.322 e. The van der Waals surface area contributed by atoms with E-state index in [4.69, 9.17) is 11.6 Å². The first-order chi connectivity index (χ1) is 12.0. The van der Waals surface area contributed by atoms with E-state index in [1.165, 1.54) is 6.92 Å². The van der Waals surface area contributed by atoms with Crippen molar-refractivity contribution < 1.29 is 9.59 Å². The van der Waals surface area contributed by atoms with Crippen molar-refractivity contribution in [1.29, 1.82) is 0 Å². The fraction of sp³-hybridized carbons (Fsp3) is 0.200. The van der Waals surface area contributed by atoms with Gasteiger partial charge in [0.1, 0.15) is 0 Å². The summed E-state index contributed by atoms with van der Waals surface area (Å²) in [6, 6.07) is 16.2. The number of Topliss-reactive ketones (excluding diaryl/α,β-unsaturated/α-hetero) is 1. The Bertz CT molecular complexity index is 829. The number of halogens is 1. The van der Waals surface area contributed by atoms with Crippen LogP contribution in [0.3, 0.4) is 0 Å². The maximum absolute atomic E-state index is 12.7. The van der Waals surface area contributed by atoms with Gasteiger partial charge in [-0.25, -0.2) is 4.79 Å². The lowest BCUT2D eigenvalue weighted by Gasteiger charge is -2.35. The van der Waals surface area contributed by atoms with Crippen LogP contribution in [0.5, 0.6) is 0 Å². The van der Waals surface area contributed by atoms with Crippen LogP contribution in [0.15, 0.2) is 65.9 Å². The fourth-order valence-corrected chi connectivity index (χ4v) is 3.23. The van der Waals surface area contributed by atoms with Crippen LogP contribution in [-0.4, -0.2) is 16.7 Å². The minimum atomic E-state index is -0.464. The van der Waals surface area contributed by atoms with Crippen molar-refractivity contribution in [2.75, 3.05) is 0 Å². The van der Waals surface area contributed by atoms with Gasteiger partial charge in [-0.05, 0) is 37.1 Å². The highest BCUT2D eigenvalue weighted by atomic mass is 35.5. The van der Waals surface area contributed by atoms with Gasteiger partial charge in [0, 0.05) is 16.3 Å². The molecule has 0 aliphatic carbocycles. The molecule has 1 aliphatic rings. The van der Waals surface area contributed by atoms with Crippen LogP contribution >= 0.6 is 11.6 Å². The number of nitrogens with zero attached hydrogens (tertiary/aromatic N) is 1. The Morgan fingerprint density at radius 3 is 2.36 bits per heavy atom. The molecular weight excluding hydrogens is 336 g/mol. The molecule has 1 heterocycles. The van der Waals surface area contributed by atoms with Crippen LogP contribution in [0.4, 0.5) is 4.79 Å². The second kappa shape index (κ2) is 7.11. The molecular formula is C20H19ClN2O2. The first kappa shape index (κ1) is 17.2. The second-order valence-corrected chi connectivity index (χ2v) is 6.50. The first-order valence-electron chi connectivity index (χ1n) is 8.06. The molecule has 2 aromatic rings. The summed E-state index contributed by atoms with van der Waals surface area (Å²) >= 11 is 5.95. The van der Waals surface area contributed by atoms with E-state index in [-0.39, 0.29) is 11.8 Å². The third-order valence-corrected chi connectivity index (χ3v) is 4.61. The van der Waals surface area contributed by atoms with Gasteiger partial charge in [0.15, 0.2) is 5.78 Å². The van der Waals surface area contributed by atoms with E-state index in [9.17, 15) is 9.59 Å². The Morgan fingerprint density at radius 1 is 1.12 bits per heavy atom. The zero-order valence-corrected chi connectivity index (χ0v) is 14.9. The predicted octanol–water partition coefficient (Wildman–Crippen LogP) is 4.47. The van der Waals surface area contributed by atoms with E-state index in [1.54, 1.807) is 17.0 Å². The number of rotatable bonds is 4. The van der Waals surface area contributed by atoms with E-state index >= 15 is 0 Å². The monoisotopic (exact) mass is 354 g/mol. The Morgan fingerprint density at radius 2 is 1.76 bits per heavy atom. The Kier molecular flexibility index (Phi) is 4.91. The van der Waals surface area contributed by atoms with Crippen molar-refractivity contribution in [1.82, 2.24) is 10.2 Å². The molecule has 3 rings (SSSR count). The Labute approximate surface area is 152 Å². The average molecular weight is 355 g/mol. The van der Waals surface area contributed by atoms with Crippen molar-refractivity contribution in [2.24, 2.45) is 0 Å². The van der Waals surface area contributed by atoms with Gasteiger partial charge in [-0.2, -0.15) is 0 Å². The van der Waals surface area contributed by atoms with E-state index in [0.717, 1.165) is 11.1 Å². The van der Waals surface area contributed by atoms with Crippen LogP contribution in [0.25, 0.3) is 0 Å². The van der Waals surface area contributed by atoms with Crippen LogP contribution in [-0.2, 0) is 11.3 Å². The Hall–Kier alpha value is -2.59. The fourth-order valence-electron chi connectivity index (χ4n) is 3.10. The van der Waals surface area contributed by atoms with Crippen LogP contribution in [0.2, 0.25) is 5.02 Å². The van der Waals surface area contributed by atoms with Gasteiger partial charge >= 0.3 is 6.03 Å². The lowest BCUT2D eigenvalue weighted by atomic mass is 9.92. The minimum Gasteiger partial charge on any atom is -0.327 e. The SMILES string of the molecule is CC(=O)C1=C(C)N(Cc2ccccc2)C(=O)NC1c1ccc(Cl)cc1. The van der Waals surface area contributed by atoms with Gasteiger partial charge in [0.05, 0.1) is 12.6 Å². The zero-order valence-electron chi connectivity index (χ0n) is 14.1. The van der Waals surface area contributed by atoms with Crippen molar-refractivity contribution >= 4 is 23.4 Å². The van der Waals surface area contributed by atoms with E-state index in [0.29, 0.717) is 22.8 Å². The Balaban J connectivity index is 2.00. The molecule has 0 saturated carbocycles. The number of nitrogens with one attached hydrogen (secondary N) is 1. The molecule has 0 bridgehead atoms. The summed E-state index contributed by atoms with van der Waals surface area (Å²) in [5, 5.41) is 3.56. The molecule has 0 spiro atoms. The summed E-state index contributed by atoms with van der Waals surface area (Å²) < 4.78 is 0. The normalized spacial score (nSPS) is 17.5. The van der Waals surface area contributed by atoms with Gasteiger partial charge in [-0.1, -0.05) is 54.1 Å². The highest BCUT2D eigenvalue weighted by molar-refractivity contribution is 6.30. The summed E-state index contributed by atoms with van der Waals surface area (Å²) in [6.07, 6.45) is 0. The molecule has 1 unspecified atom stereocenters. The number of carbonyl (C=O) groups is 2. The lowest BCUT2D eigenvalue weighted by molar-refractivity contribution is -0.114. The molecule has 0 aromatic heterocycles. The number of amides is 2.